The minimum absolute atomic E-state index is 0.146. The van der Waals surface area contributed by atoms with Crippen LogP contribution in [0.3, 0.4) is 0 Å². The molecule has 30 heavy (non-hydrogen) atoms. The van der Waals surface area contributed by atoms with Crippen molar-refractivity contribution in [2.75, 3.05) is 11.9 Å². The molecule has 2 aromatic rings. The normalized spacial score (nSPS) is 10.2. The summed E-state index contributed by atoms with van der Waals surface area (Å²) in [6.07, 6.45) is 4.65. The highest BCUT2D eigenvalue weighted by Crippen LogP contribution is 2.24. The molecule has 0 unspecified atom stereocenters. The maximum absolute atomic E-state index is 12.1. The summed E-state index contributed by atoms with van der Waals surface area (Å²) in [5, 5.41) is 5.47. The maximum atomic E-state index is 12.1. The topological polar surface area (TPSA) is 67.4 Å². The zero-order valence-corrected chi connectivity index (χ0v) is 17.9. The van der Waals surface area contributed by atoms with Crippen LogP contribution in [0.4, 0.5) is 5.69 Å². The Hall–Kier alpha value is -3.60. The first kappa shape index (κ1) is 24.4. The Morgan fingerprint density at radius 3 is 2.37 bits per heavy atom. The Labute approximate surface area is 179 Å². The average molecular weight is 407 g/mol. The fourth-order valence-electron chi connectivity index (χ4n) is 2.36. The van der Waals surface area contributed by atoms with Crippen molar-refractivity contribution in [3.63, 3.8) is 0 Å². The van der Waals surface area contributed by atoms with Crippen molar-refractivity contribution in [3.8, 4) is 11.5 Å². The van der Waals surface area contributed by atoms with Gasteiger partial charge in [0.25, 0.3) is 5.91 Å². The largest absolute Gasteiger partial charge is 0.457 e. The fraction of sp³-hybridized carbons (Fsp3) is 0.200. The minimum atomic E-state index is -0.295. The van der Waals surface area contributed by atoms with Gasteiger partial charge in [-0.15, -0.1) is 0 Å². The van der Waals surface area contributed by atoms with E-state index >= 15 is 0 Å². The highest BCUT2D eigenvalue weighted by Gasteiger charge is 2.07. The first-order valence-electron chi connectivity index (χ1n) is 9.89. The molecule has 5 heteroatoms. The van der Waals surface area contributed by atoms with E-state index in [-0.39, 0.29) is 24.8 Å². The molecular formula is C25H30N2O3. The van der Waals surface area contributed by atoms with Gasteiger partial charge in [0.2, 0.25) is 5.91 Å². The number of hydrogen-bond acceptors (Lipinski definition) is 3. The number of aryl methyl sites for hydroxylation is 1. The number of nitrogens with one attached hydrogen (secondary N) is 2. The van der Waals surface area contributed by atoms with E-state index in [4.69, 9.17) is 4.74 Å². The van der Waals surface area contributed by atoms with Gasteiger partial charge in [-0.25, -0.2) is 0 Å². The van der Waals surface area contributed by atoms with E-state index in [1.807, 2.05) is 51.1 Å². The lowest BCUT2D eigenvalue weighted by molar-refractivity contribution is -0.117. The van der Waals surface area contributed by atoms with Gasteiger partial charge in [0.1, 0.15) is 11.5 Å². The molecule has 0 saturated carbocycles. The third-order valence-corrected chi connectivity index (χ3v) is 3.79. The van der Waals surface area contributed by atoms with Gasteiger partial charge in [-0.2, -0.15) is 0 Å². The molecule has 158 valence electrons. The Kier molecular flexibility index (Phi) is 11.0. The first-order chi connectivity index (χ1) is 14.5. The summed E-state index contributed by atoms with van der Waals surface area (Å²) in [4.78, 5) is 24.0. The van der Waals surface area contributed by atoms with Crippen LogP contribution in [0.25, 0.3) is 0 Å². The molecule has 0 aliphatic heterocycles. The molecule has 0 fully saturated rings. The van der Waals surface area contributed by atoms with Crippen LogP contribution in [0.2, 0.25) is 0 Å². The number of carbonyl (C=O) groups excluding carboxylic acids is 2. The van der Waals surface area contributed by atoms with Crippen LogP contribution in [-0.4, -0.2) is 18.4 Å². The van der Waals surface area contributed by atoms with E-state index in [0.717, 1.165) is 11.3 Å². The molecule has 0 heterocycles. The Bertz CT molecular complexity index is 884. The highest BCUT2D eigenvalue weighted by atomic mass is 16.5. The second-order valence-corrected chi connectivity index (χ2v) is 6.06. The van der Waals surface area contributed by atoms with Gasteiger partial charge in [-0.1, -0.05) is 69.0 Å². The summed E-state index contributed by atoms with van der Waals surface area (Å²) in [6, 6.07) is 14.9. The second kappa shape index (κ2) is 13.6. The summed E-state index contributed by atoms with van der Waals surface area (Å²) in [6.45, 7) is 13.3. The molecule has 0 aliphatic carbocycles. The average Bonchev–Trinajstić information content (AvgIpc) is 2.75. The number of amides is 2. The zero-order valence-electron chi connectivity index (χ0n) is 17.9. The lowest BCUT2D eigenvalue weighted by Gasteiger charge is -2.10. The molecule has 2 amide bonds. The summed E-state index contributed by atoms with van der Waals surface area (Å²) in [5.41, 5.74) is 2.18. The molecule has 0 atom stereocenters. The summed E-state index contributed by atoms with van der Waals surface area (Å²) >= 11 is 0. The quantitative estimate of drug-likeness (QED) is 0.423. The van der Waals surface area contributed by atoms with Gasteiger partial charge in [0.05, 0.1) is 0 Å². The van der Waals surface area contributed by atoms with Gasteiger partial charge in [0, 0.05) is 30.3 Å². The predicted molar refractivity (Wildman–Crippen MR) is 124 cm³/mol. The first-order valence-corrected chi connectivity index (χ1v) is 9.89. The molecule has 0 spiro atoms. The van der Waals surface area contributed by atoms with Crippen molar-refractivity contribution in [1.82, 2.24) is 5.32 Å². The van der Waals surface area contributed by atoms with Crippen LogP contribution in [0, 0.1) is 6.92 Å². The van der Waals surface area contributed by atoms with E-state index in [1.54, 1.807) is 24.3 Å². The molecule has 2 aromatic carbocycles. The van der Waals surface area contributed by atoms with E-state index < -0.39 is 0 Å². The van der Waals surface area contributed by atoms with Gasteiger partial charge in [0.15, 0.2) is 0 Å². The second-order valence-electron chi connectivity index (χ2n) is 6.06. The van der Waals surface area contributed by atoms with Gasteiger partial charge in [-0.05, 0) is 31.2 Å². The third kappa shape index (κ3) is 8.61. The number of ether oxygens (including phenoxy) is 1. The predicted octanol–water partition coefficient (Wildman–Crippen LogP) is 5.56. The smallest absolute Gasteiger partial charge is 0.251 e. The van der Waals surface area contributed by atoms with Gasteiger partial charge >= 0.3 is 0 Å². The van der Waals surface area contributed by atoms with Crippen LogP contribution in [0.1, 0.15) is 25.8 Å². The number of rotatable bonds is 9. The number of benzene rings is 2. The molecule has 0 radical (unpaired) electrons. The Morgan fingerprint density at radius 1 is 1.03 bits per heavy atom. The van der Waals surface area contributed by atoms with Crippen LogP contribution in [0.15, 0.2) is 85.5 Å². The van der Waals surface area contributed by atoms with Crippen LogP contribution < -0.4 is 15.4 Å². The summed E-state index contributed by atoms with van der Waals surface area (Å²) in [7, 11) is 0. The molecular weight excluding hydrogens is 376 g/mol. The van der Waals surface area contributed by atoms with Crippen LogP contribution in [0.5, 0.6) is 11.5 Å². The van der Waals surface area contributed by atoms with E-state index in [9.17, 15) is 9.59 Å². The number of hydrogen-bond donors (Lipinski definition) is 2. The van der Waals surface area contributed by atoms with Crippen molar-refractivity contribution in [2.45, 2.75) is 27.2 Å². The van der Waals surface area contributed by atoms with Crippen molar-refractivity contribution in [2.24, 2.45) is 0 Å². The number of carbonyl (C=O) groups is 2. The van der Waals surface area contributed by atoms with Crippen LogP contribution >= 0.6 is 0 Å². The van der Waals surface area contributed by atoms with Gasteiger partial charge < -0.3 is 15.4 Å². The number of allylic oxidation sites excluding steroid dienone is 2. The van der Waals surface area contributed by atoms with Crippen LogP contribution in [-0.2, 0) is 9.59 Å². The monoisotopic (exact) mass is 406 g/mol. The summed E-state index contributed by atoms with van der Waals surface area (Å²) < 4.78 is 5.80. The lowest BCUT2D eigenvalue weighted by Crippen LogP contribution is -2.28. The molecule has 2 N–H and O–H groups in total. The van der Waals surface area contributed by atoms with Crippen molar-refractivity contribution in [1.29, 1.82) is 0 Å². The molecule has 0 aliphatic rings. The minimum Gasteiger partial charge on any atom is -0.457 e. The highest BCUT2D eigenvalue weighted by molar-refractivity contribution is 5.97. The lowest BCUT2D eigenvalue weighted by atomic mass is 10.2. The fourth-order valence-corrected chi connectivity index (χ4v) is 2.36. The summed E-state index contributed by atoms with van der Waals surface area (Å²) in [5.74, 6) is 0.847. The standard InChI is InChI=1S/C23H24N2O3.C2H6/c1-4-7-18(5-2)23(27)24-15-14-22(26)25-19-8-6-9-21(16-19)28-20-12-10-17(3)11-13-20;1-2/h4-13,16H,1-2,14-15H2,3H3,(H,24,27)(H,25,26);1-2H3/b18-7+;. The number of anilines is 1. The van der Waals surface area contributed by atoms with Gasteiger partial charge in [-0.3, -0.25) is 9.59 Å². The SMILES string of the molecule is C=C/C=C(\C=C)C(=O)NCCC(=O)Nc1cccc(Oc2ccc(C)cc2)c1.CC. The molecule has 0 aromatic heterocycles. The zero-order chi connectivity index (χ0) is 22.4. The Balaban J connectivity index is 0.00000218. The van der Waals surface area contributed by atoms with Crippen molar-refractivity contribution < 1.29 is 14.3 Å². The third-order valence-electron chi connectivity index (χ3n) is 3.79. The van der Waals surface area contributed by atoms with E-state index in [1.165, 1.54) is 12.2 Å². The molecule has 0 bridgehead atoms. The van der Waals surface area contributed by atoms with E-state index in [0.29, 0.717) is 17.0 Å². The van der Waals surface area contributed by atoms with E-state index in [2.05, 4.69) is 23.8 Å². The molecule has 2 rings (SSSR count). The Morgan fingerprint density at radius 2 is 1.73 bits per heavy atom. The van der Waals surface area contributed by atoms with Crippen molar-refractivity contribution in [3.05, 3.63) is 91.1 Å². The molecule has 0 saturated heterocycles. The maximum Gasteiger partial charge on any atom is 0.251 e. The molecule has 5 nitrogen and oxygen atoms in total. The van der Waals surface area contributed by atoms with Crippen molar-refractivity contribution >= 4 is 17.5 Å².